The second-order valence-electron chi connectivity index (χ2n) is 6.79. The predicted molar refractivity (Wildman–Crippen MR) is 92.4 cm³/mol. The molecule has 106 valence electrons. The molecular formula is C22H18. The number of fused-ring (bicyclic) bond motifs is 6. The van der Waals surface area contributed by atoms with E-state index in [1.54, 1.807) is 0 Å². The molecule has 0 heterocycles. The first-order chi connectivity index (χ1) is 10.7. The van der Waals surface area contributed by atoms with Crippen LogP contribution in [-0.4, -0.2) is 0 Å². The average molecular weight is 282 g/mol. The third-order valence-corrected chi connectivity index (χ3v) is 5.29. The van der Waals surface area contributed by atoms with Gasteiger partial charge in [0.15, 0.2) is 0 Å². The first-order valence-corrected chi connectivity index (χ1v) is 8.05. The molecule has 2 aliphatic carbocycles. The van der Waals surface area contributed by atoms with E-state index in [4.69, 9.17) is 0 Å². The molecule has 0 fully saturated rings. The van der Waals surface area contributed by atoms with Crippen LogP contribution in [-0.2, 0) is 12.8 Å². The lowest BCUT2D eigenvalue weighted by Gasteiger charge is -2.07. The zero-order valence-corrected chi connectivity index (χ0v) is 13.0. The fraction of sp³-hybridized carbons (Fsp3) is 0.182. The fourth-order valence-corrected chi connectivity index (χ4v) is 4.29. The summed E-state index contributed by atoms with van der Waals surface area (Å²) in [5, 5.41) is 0. The molecule has 5 rings (SSSR count). The van der Waals surface area contributed by atoms with E-state index in [1.807, 2.05) is 0 Å². The minimum Gasteiger partial charge on any atom is -0.0619 e. The molecule has 0 aliphatic heterocycles. The van der Waals surface area contributed by atoms with Gasteiger partial charge in [-0.15, -0.1) is 0 Å². The molecule has 3 aromatic carbocycles. The molecule has 0 heteroatoms. The lowest BCUT2D eigenvalue weighted by atomic mass is 9.97. The van der Waals surface area contributed by atoms with Crippen molar-refractivity contribution in [1.29, 1.82) is 0 Å². The third-order valence-electron chi connectivity index (χ3n) is 5.29. The Hall–Kier alpha value is -2.34. The lowest BCUT2D eigenvalue weighted by Crippen LogP contribution is -1.87. The Balaban J connectivity index is 1.75. The predicted octanol–water partition coefficient (Wildman–Crippen LogP) is 5.45. The van der Waals surface area contributed by atoms with Crippen LogP contribution in [0.1, 0.15) is 33.4 Å². The average Bonchev–Trinajstić information content (AvgIpc) is 3.03. The van der Waals surface area contributed by atoms with Crippen LogP contribution in [0.4, 0.5) is 0 Å². The van der Waals surface area contributed by atoms with Crippen LogP contribution < -0.4 is 0 Å². The summed E-state index contributed by atoms with van der Waals surface area (Å²) in [5.41, 5.74) is 14.6. The maximum Gasteiger partial charge on any atom is -0.00106 e. The molecule has 2 aliphatic rings. The van der Waals surface area contributed by atoms with Crippen molar-refractivity contribution in [2.45, 2.75) is 26.7 Å². The van der Waals surface area contributed by atoms with Crippen molar-refractivity contribution in [3.05, 3.63) is 81.9 Å². The molecule has 0 spiro atoms. The second-order valence-corrected chi connectivity index (χ2v) is 6.79. The molecule has 0 radical (unpaired) electrons. The van der Waals surface area contributed by atoms with Gasteiger partial charge in [0.05, 0.1) is 0 Å². The van der Waals surface area contributed by atoms with Gasteiger partial charge in [0.1, 0.15) is 0 Å². The van der Waals surface area contributed by atoms with Crippen LogP contribution in [0.15, 0.2) is 48.5 Å². The standard InChI is InChI=1S/C22H18/c1-13-7-14(2)19-10-17-12-20-16(11-21(17)22(19)8-13)9-15-5-3-4-6-18(15)20/h3-8,11-12H,9-10H2,1-2H3. The molecule has 3 aromatic rings. The molecule has 22 heavy (non-hydrogen) atoms. The third kappa shape index (κ3) is 1.53. The van der Waals surface area contributed by atoms with Crippen molar-refractivity contribution in [2.24, 2.45) is 0 Å². The maximum atomic E-state index is 2.45. The largest absolute Gasteiger partial charge is 0.0619 e. The molecule has 0 nitrogen and oxygen atoms in total. The fourth-order valence-electron chi connectivity index (χ4n) is 4.29. The minimum atomic E-state index is 1.08. The molecule has 0 aromatic heterocycles. The minimum absolute atomic E-state index is 1.08. The van der Waals surface area contributed by atoms with Gasteiger partial charge in [-0.3, -0.25) is 0 Å². The van der Waals surface area contributed by atoms with E-state index in [9.17, 15) is 0 Å². The summed E-state index contributed by atoms with van der Waals surface area (Å²) in [6.45, 7) is 4.45. The van der Waals surface area contributed by atoms with Crippen LogP contribution in [0.5, 0.6) is 0 Å². The Bertz CT molecular complexity index is 944. The van der Waals surface area contributed by atoms with Gasteiger partial charge in [-0.1, -0.05) is 42.0 Å². The van der Waals surface area contributed by atoms with Crippen molar-refractivity contribution in [1.82, 2.24) is 0 Å². The lowest BCUT2D eigenvalue weighted by molar-refractivity contribution is 1.20. The summed E-state index contributed by atoms with van der Waals surface area (Å²) in [4.78, 5) is 0. The van der Waals surface area contributed by atoms with E-state index >= 15 is 0 Å². The van der Waals surface area contributed by atoms with E-state index in [2.05, 4.69) is 62.4 Å². The van der Waals surface area contributed by atoms with Gasteiger partial charge in [-0.25, -0.2) is 0 Å². The van der Waals surface area contributed by atoms with Crippen molar-refractivity contribution in [3.8, 4) is 22.3 Å². The molecule has 0 N–H and O–H groups in total. The monoisotopic (exact) mass is 282 g/mol. The van der Waals surface area contributed by atoms with Gasteiger partial charge in [-0.05, 0) is 88.9 Å². The van der Waals surface area contributed by atoms with Crippen molar-refractivity contribution >= 4 is 0 Å². The van der Waals surface area contributed by atoms with Gasteiger partial charge in [0, 0.05) is 0 Å². The first kappa shape index (κ1) is 12.2. The topological polar surface area (TPSA) is 0 Å². The van der Waals surface area contributed by atoms with Crippen LogP contribution >= 0.6 is 0 Å². The van der Waals surface area contributed by atoms with E-state index in [0.717, 1.165) is 12.8 Å². The number of hydrogen-bond acceptors (Lipinski definition) is 0. The van der Waals surface area contributed by atoms with Crippen LogP contribution in [0.3, 0.4) is 0 Å². The Morgan fingerprint density at radius 1 is 0.636 bits per heavy atom. The number of hydrogen-bond donors (Lipinski definition) is 0. The summed E-state index contributed by atoms with van der Waals surface area (Å²) in [6, 6.07) is 18.4. The van der Waals surface area contributed by atoms with Crippen molar-refractivity contribution in [2.75, 3.05) is 0 Å². The van der Waals surface area contributed by atoms with E-state index in [-0.39, 0.29) is 0 Å². The Kier molecular flexibility index (Phi) is 2.28. The summed E-state index contributed by atoms with van der Waals surface area (Å²) in [6.07, 6.45) is 2.17. The maximum absolute atomic E-state index is 2.45. The number of benzene rings is 3. The Labute approximate surface area is 131 Å². The second kappa shape index (κ2) is 4.10. The van der Waals surface area contributed by atoms with Crippen LogP contribution in [0.25, 0.3) is 22.3 Å². The molecule has 0 saturated carbocycles. The Morgan fingerprint density at radius 3 is 2.23 bits per heavy atom. The van der Waals surface area contributed by atoms with Gasteiger partial charge in [0.2, 0.25) is 0 Å². The highest BCUT2D eigenvalue weighted by molar-refractivity contribution is 5.86. The smallest absolute Gasteiger partial charge is 0.00106 e. The van der Waals surface area contributed by atoms with E-state index in [0.29, 0.717) is 0 Å². The molecular weight excluding hydrogens is 264 g/mol. The SMILES string of the molecule is Cc1cc(C)c2c(c1)-c1cc3c(cc1C2)-c1ccccc1C3. The van der Waals surface area contributed by atoms with Crippen LogP contribution in [0.2, 0.25) is 0 Å². The van der Waals surface area contributed by atoms with Gasteiger partial charge < -0.3 is 0 Å². The normalized spacial score (nSPS) is 13.5. The van der Waals surface area contributed by atoms with E-state index < -0.39 is 0 Å². The van der Waals surface area contributed by atoms with Crippen molar-refractivity contribution < 1.29 is 0 Å². The highest BCUT2D eigenvalue weighted by Gasteiger charge is 2.25. The Morgan fingerprint density at radius 2 is 1.36 bits per heavy atom. The summed E-state index contributed by atoms with van der Waals surface area (Å²) in [7, 11) is 0. The number of rotatable bonds is 0. The molecule has 0 bridgehead atoms. The number of aryl methyl sites for hydroxylation is 2. The first-order valence-electron chi connectivity index (χ1n) is 8.05. The summed E-state index contributed by atoms with van der Waals surface area (Å²) in [5.74, 6) is 0. The zero-order valence-electron chi connectivity index (χ0n) is 13.0. The van der Waals surface area contributed by atoms with Crippen molar-refractivity contribution in [3.63, 3.8) is 0 Å². The molecule has 0 atom stereocenters. The van der Waals surface area contributed by atoms with Crippen LogP contribution in [0, 0.1) is 13.8 Å². The van der Waals surface area contributed by atoms with Gasteiger partial charge >= 0.3 is 0 Å². The highest BCUT2D eigenvalue weighted by atomic mass is 14.3. The molecule has 0 saturated heterocycles. The van der Waals surface area contributed by atoms with Gasteiger partial charge in [0.25, 0.3) is 0 Å². The molecule has 0 unspecified atom stereocenters. The van der Waals surface area contributed by atoms with Gasteiger partial charge in [-0.2, -0.15) is 0 Å². The summed E-state index contributed by atoms with van der Waals surface area (Å²) < 4.78 is 0. The van der Waals surface area contributed by atoms with E-state index in [1.165, 1.54) is 55.6 Å². The molecule has 0 amide bonds. The quantitative estimate of drug-likeness (QED) is 0.354. The summed E-state index contributed by atoms with van der Waals surface area (Å²) >= 11 is 0. The highest BCUT2D eigenvalue weighted by Crippen LogP contribution is 2.45. The zero-order chi connectivity index (χ0) is 14.8.